The molecule has 1 heterocycles. The Labute approximate surface area is 128 Å². The maximum atomic E-state index is 12.8. The van der Waals surface area contributed by atoms with E-state index in [0.717, 1.165) is 12.1 Å². The van der Waals surface area contributed by atoms with E-state index in [9.17, 15) is 12.8 Å². The Morgan fingerprint density at radius 3 is 2.00 bits per heavy atom. The predicted octanol–water partition coefficient (Wildman–Crippen LogP) is 2.63. The fourth-order valence-corrected chi connectivity index (χ4v) is 2.64. The number of aromatic nitrogens is 2. The van der Waals surface area contributed by atoms with Gasteiger partial charge in [-0.15, -0.1) is 10.2 Å². The number of anilines is 2. The Kier molecular flexibility index (Phi) is 4.32. The molecule has 0 saturated heterocycles. The van der Waals surface area contributed by atoms with Gasteiger partial charge in [0.05, 0.1) is 4.90 Å². The van der Waals surface area contributed by atoms with E-state index in [1.807, 2.05) is 20.8 Å². The van der Waals surface area contributed by atoms with E-state index in [4.69, 9.17) is 0 Å². The summed E-state index contributed by atoms with van der Waals surface area (Å²) in [7, 11) is -3.82. The van der Waals surface area contributed by atoms with Gasteiger partial charge < -0.3 is 5.32 Å². The summed E-state index contributed by atoms with van der Waals surface area (Å²) in [6, 6.07) is 7.65. The van der Waals surface area contributed by atoms with Crippen LogP contribution < -0.4 is 10.0 Å². The van der Waals surface area contributed by atoms with Crippen molar-refractivity contribution in [3.05, 3.63) is 42.2 Å². The zero-order valence-electron chi connectivity index (χ0n) is 12.5. The van der Waals surface area contributed by atoms with Gasteiger partial charge in [0.2, 0.25) is 0 Å². The third kappa shape index (κ3) is 4.39. The zero-order chi connectivity index (χ0) is 16.4. The molecule has 0 spiro atoms. The van der Waals surface area contributed by atoms with Crippen LogP contribution in [-0.2, 0) is 10.0 Å². The molecule has 0 unspecified atom stereocenters. The van der Waals surface area contributed by atoms with Gasteiger partial charge in [-0.3, -0.25) is 4.72 Å². The molecule has 1 aromatic heterocycles. The fourth-order valence-electron chi connectivity index (χ4n) is 1.65. The van der Waals surface area contributed by atoms with Gasteiger partial charge in [0.15, 0.2) is 5.82 Å². The van der Waals surface area contributed by atoms with Crippen LogP contribution >= 0.6 is 0 Å². The lowest BCUT2D eigenvalue weighted by atomic mass is 10.1. The number of rotatable bonds is 4. The minimum Gasteiger partial charge on any atom is -0.364 e. The van der Waals surface area contributed by atoms with Crippen LogP contribution in [0, 0.1) is 5.82 Å². The minimum atomic E-state index is -3.82. The van der Waals surface area contributed by atoms with Crippen LogP contribution in [0.4, 0.5) is 16.0 Å². The standard InChI is InChI=1S/C14H17FN4O2S/c1-14(2,3)16-12-8-9-13(18-17-12)19-22(20,21)11-6-4-10(15)5-7-11/h4-9H,1-3H3,(H,16,17)(H,18,19). The molecular formula is C14H17FN4O2S. The van der Waals surface area contributed by atoms with Crippen LogP contribution in [0.2, 0.25) is 0 Å². The van der Waals surface area contributed by atoms with Crippen molar-refractivity contribution in [1.29, 1.82) is 0 Å². The van der Waals surface area contributed by atoms with Crippen molar-refractivity contribution < 1.29 is 12.8 Å². The van der Waals surface area contributed by atoms with Gasteiger partial charge in [-0.05, 0) is 57.2 Å². The van der Waals surface area contributed by atoms with Crippen molar-refractivity contribution in [2.75, 3.05) is 10.0 Å². The molecule has 0 aliphatic heterocycles. The smallest absolute Gasteiger partial charge is 0.263 e. The number of nitrogens with zero attached hydrogens (tertiary/aromatic N) is 2. The molecule has 6 nitrogen and oxygen atoms in total. The first-order chi connectivity index (χ1) is 10.2. The van der Waals surface area contributed by atoms with Crippen LogP contribution in [0.25, 0.3) is 0 Å². The molecule has 22 heavy (non-hydrogen) atoms. The lowest BCUT2D eigenvalue weighted by Crippen LogP contribution is -2.26. The molecule has 2 rings (SSSR count). The normalized spacial score (nSPS) is 12.0. The minimum absolute atomic E-state index is 0.0485. The predicted molar refractivity (Wildman–Crippen MR) is 82.6 cm³/mol. The molecule has 0 radical (unpaired) electrons. The maximum Gasteiger partial charge on any atom is 0.263 e. The molecule has 118 valence electrons. The summed E-state index contributed by atoms with van der Waals surface area (Å²) in [4.78, 5) is -0.0485. The second-order valence-electron chi connectivity index (χ2n) is 5.74. The maximum absolute atomic E-state index is 12.8. The van der Waals surface area contributed by atoms with Gasteiger partial charge in [0.25, 0.3) is 10.0 Å². The lowest BCUT2D eigenvalue weighted by Gasteiger charge is -2.20. The zero-order valence-corrected chi connectivity index (χ0v) is 13.3. The molecule has 0 atom stereocenters. The topological polar surface area (TPSA) is 84.0 Å². The summed E-state index contributed by atoms with van der Waals surface area (Å²) < 4.78 is 39.3. The molecule has 0 amide bonds. The molecule has 0 fully saturated rings. The number of benzene rings is 1. The fraction of sp³-hybridized carbons (Fsp3) is 0.286. The monoisotopic (exact) mass is 324 g/mol. The van der Waals surface area contributed by atoms with E-state index in [0.29, 0.717) is 5.82 Å². The average Bonchev–Trinajstić information content (AvgIpc) is 2.39. The van der Waals surface area contributed by atoms with Crippen molar-refractivity contribution in [3.8, 4) is 0 Å². The molecule has 2 N–H and O–H groups in total. The first kappa shape index (κ1) is 16.2. The van der Waals surface area contributed by atoms with E-state index in [1.165, 1.54) is 18.2 Å². The number of halogens is 1. The van der Waals surface area contributed by atoms with E-state index in [-0.39, 0.29) is 16.3 Å². The Balaban J connectivity index is 2.14. The highest BCUT2D eigenvalue weighted by Gasteiger charge is 2.16. The molecule has 8 heteroatoms. The molecule has 0 saturated carbocycles. The quantitative estimate of drug-likeness (QED) is 0.903. The third-order valence-corrected chi connectivity index (χ3v) is 3.90. The lowest BCUT2D eigenvalue weighted by molar-refractivity contribution is 0.599. The number of hydrogen-bond acceptors (Lipinski definition) is 5. The largest absolute Gasteiger partial charge is 0.364 e. The van der Waals surface area contributed by atoms with E-state index < -0.39 is 15.8 Å². The van der Waals surface area contributed by atoms with Crippen LogP contribution in [0.15, 0.2) is 41.3 Å². The van der Waals surface area contributed by atoms with Gasteiger partial charge >= 0.3 is 0 Å². The summed E-state index contributed by atoms with van der Waals surface area (Å²) in [5, 5.41) is 10.8. The summed E-state index contributed by atoms with van der Waals surface area (Å²) in [5.41, 5.74) is -0.177. The second kappa shape index (κ2) is 5.88. The Hall–Kier alpha value is -2.22. The second-order valence-corrected chi connectivity index (χ2v) is 7.42. The van der Waals surface area contributed by atoms with Gasteiger partial charge in [-0.1, -0.05) is 0 Å². The Morgan fingerprint density at radius 1 is 0.955 bits per heavy atom. The van der Waals surface area contributed by atoms with Crippen molar-refractivity contribution >= 4 is 21.7 Å². The first-order valence-electron chi connectivity index (χ1n) is 6.56. The highest BCUT2D eigenvalue weighted by Crippen LogP contribution is 2.16. The number of hydrogen-bond donors (Lipinski definition) is 2. The van der Waals surface area contributed by atoms with Crippen molar-refractivity contribution in [2.24, 2.45) is 0 Å². The number of sulfonamides is 1. The molecule has 0 aliphatic carbocycles. The van der Waals surface area contributed by atoms with Gasteiger partial charge in [0.1, 0.15) is 11.6 Å². The summed E-state index contributed by atoms with van der Waals surface area (Å²) in [5.74, 6) is 0.123. The van der Waals surface area contributed by atoms with Gasteiger partial charge in [-0.25, -0.2) is 12.8 Å². The molecular weight excluding hydrogens is 307 g/mol. The Morgan fingerprint density at radius 2 is 1.50 bits per heavy atom. The van der Waals surface area contributed by atoms with Gasteiger partial charge in [-0.2, -0.15) is 0 Å². The Bertz CT molecular complexity index is 738. The van der Waals surface area contributed by atoms with Crippen LogP contribution in [-0.4, -0.2) is 24.2 Å². The molecule has 0 aliphatic rings. The summed E-state index contributed by atoms with van der Waals surface area (Å²) >= 11 is 0. The third-order valence-electron chi connectivity index (χ3n) is 2.53. The van der Waals surface area contributed by atoms with E-state index in [1.54, 1.807) is 6.07 Å². The SMILES string of the molecule is CC(C)(C)Nc1ccc(NS(=O)(=O)c2ccc(F)cc2)nn1. The van der Waals surface area contributed by atoms with Crippen molar-refractivity contribution in [1.82, 2.24) is 10.2 Å². The van der Waals surface area contributed by atoms with Crippen molar-refractivity contribution in [3.63, 3.8) is 0 Å². The molecule has 1 aromatic carbocycles. The highest BCUT2D eigenvalue weighted by atomic mass is 32.2. The van der Waals surface area contributed by atoms with Crippen LogP contribution in [0.5, 0.6) is 0 Å². The first-order valence-corrected chi connectivity index (χ1v) is 8.04. The van der Waals surface area contributed by atoms with E-state index >= 15 is 0 Å². The van der Waals surface area contributed by atoms with Crippen LogP contribution in [0.3, 0.4) is 0 Å². The average molecular weight is 324 g/mol. The highest BCUT2D eigenvalue weighted by molar-refractivity contribution is 7.92. The van der Waals surface area contributed by atoms with E-state index in [2.05, 4.69) is 20.2 Å². The summed E-state index contributed by atoms with van der Waals surface area (Å²) in [6.45, 7) is 5.92. The van der Waals surface area contributed by atoms with Gasteiger partial charge in [0, 0.05) is 5.54 Å². The number of nitrogens with one attached hydrogen (secondary N) is 2. The molecule has 0 bridgehead atoms. The molecule has 2 aromatic rings. The summed E-state index contributed by atoms with van der Waals surface area (Å²) in [6.07, 6.45) is 0. The van der Waals surface area contributed by atoms with Crippen molar-refractivity contribution in [2.45, 2.75) is 31.2 Å². The van der Waals surface area contributed by atoms with Crippen LogP contribution in [0.1, 0.15) is 20.8 Å².